The molecule has 0 amide bonds. The van der Waals surface area contributed by atoms with Crippen molar-refractivity contribution in [1.82, 2.24) is 9.97 Å². The van der Waals surface area contributed by atoms with E-state index in [1.54, 1.807) is 0 Å². The Labute approximate surface area is 226 Å². The van der Waals surface area contributed by atoms with Crippen molar-refractivity contribution in [3.05, 3.63) is 116 Å². The number of aromatic amines is 2. The van der Waals surface area contributed by atoms with Gasteiger partial charge in [0.05, 0.1) is 11.4 Å². The maximum absolute atomic E-state index is 4.91. The normalized spacial score (nSPS) is 17.9. The number of hydrogen-bond acceptors (Lipinski definition) is 2. The van der Waals surface area contributed by atoms with E-state index in [1.807, 2.05) is 0 Å². The fourth-order valence-corrected chi connectivity index (χ4v) is 5.82. The van der Waals surface area contributed by atoms with E-state index in [2.05, 4.69) is 114 Å². The van der Waals surface area contributed by atoms with Gasteiger partial charge in [-0.05, 0) is 113 Å². The monoisotopic (exact) mass is 502 g/mol. The first-order valence-electron chi connectivity index (χ1n) is 13.4. The van der Waals surface area contributed by atoms with Crippen molar-refractivity contribution in [2.24, 2.45) is 9.98 Å². The molecule has 1 aromatic carbocycles. The summed E-state index contributed by atoms with van der Waals surface area (Å²) in [7, 11) is 0. The van der Waals surface area contributed by atoms with Gasteiger partial charge in [0.2, 0.25) is 0 Å². The van der Waals surface area contributed by atoms with E-state index < -0.39 is 0 Å². The second kappa shape index (κ2) is 10.1. The van der Waals surface area contributed by atoms with E-state index in [0.29, 0.717) is 0 Å². The van der Waals surface area contributed by atoms with Crippen molar-refractivity contribution >= 4 is 22.6 Å². The Balaban J connectivity index is 1.49. The Bertz CT molecular complexity index is 1480. The zero-order valence-corrected chi connectivity index (χ0v) is 23.9. The fourth-order valence-electron chi connectivity index (χ4n) is 5.82. The number of nitrogens with zero attached hydrogens (tertiary/aromatic N) is 2. The molecule has 2 N–H and O–H groups in total. The van der Waals surface area contributed by atoms with Crippen LogP contribution in [0.4, 0.5) is 0 Å². The maximum Gasteiger partial charge on any atom is 0.0718 e. The lowest BCUT2D eigenvalue weighted by molar-refractivity contribution is 1.13. The fraction of sp³-hybridized carbons (Fsp3) is 0.294. The zero-order valence-electron chi connectivity index (χ0n) is 23.9. The van der Waals surface area contributed by atoms with E-state index in [4.69, 9.17) is 9.98 Å². The molecule has 0 aliphatic carbocycles. The van der Waals surface area contributed by atoms with E-state index in [0.717, 1.165) is 35.7 Å². The summed E-state index contributed by atoms with van der Waals surface area (Å²) < 4.78 is 0. The van der Waals surface area contributed by atoms with Gasteiger partial charge in [-0.2, -0.15) is 0 Å². The van der Waals surface area contributed by atoms with Crippen molar-refractivity contribution in [3.63, 3.8) is 0 Å². The molecule has 3 aromatic rings. The Morgan fingerprint density at radius 3 is 1.21 bits per heavy atom. The zero-order chi connectivity index (χ0) is 27.1. The molecule has 0 fully saturated rings. The SMILES string of the molecule is CC1=CC(C)=N/C1=C(/Cc1ccc(C/C(=C2/N=C(C)C=C2C)c2[nH]c(C)cc2C)cc1)c1[nH]c(C)cc1C. The lowest BCUT2D eigenvalue weighted by Gasteiger charge is -2.14. The lowest BCUT2D eigenvalue weighted by atomic mass is 9.93. The first kappa shape index (κ1) is 25.7. The summed E-state index contributed by atoms with van der Waals surface area (Å²) in [5, 5.41) is 0. The van der Waals surface area contributed by atoms with Crippen LogP contribution in [0.15, 0.2) is 81.1 Å². The predicted octanol–water partition coefficient (Wildman–Crippen LogP) is 8.33. The van der Waals surface area contributed by atoms with Gasteiger partial charge in [-0.25, -0.2) is 0 Å². The largest absolute Gasteiger partial charge is 0.359 e. The molecule has 4 heteroatoms. The summed E-state index contributed by atoms with van der Waals surface area (Å²) >= 11 is 0. The number of rotatable bonds is 6. The molecular formula is C34H38N4. The minimum Gasteiger partial charge on any atom is -0.359 e. The summed E-state index contributed by atoms with van der Waals surface area (Å²) in [6.45, 7) is 17.0. The van der Waals surface area contributed by atoms with Crippen LogP contribution in [0.1, 0.15) is 72.7 Å². The number of H-pyrrole nitrogens is 2. The summed E-state index contributed by atoms with van der Waals surface area (Å²) in [5.41, 5.74) is 19.1. The maximum atomic E-state index is 4.91. The van der Waals surface area contributed by atoms with Crippen LogP contribution in [0, 0.1) is 27.7 Å². The molecule has 0 saturated heterocycles. The van der Waals surface area contributed by atoms with Crippen LogP contribution in [0.3, 0.4) is 0 Å². The highest BCUT2D eigenvalue weighted by molar-refractivity contribution is 6.00. The highest BCUT2D eigenvalue weighted by Gasteiger charge is 2.20. The molecule has 5 rings (SSSR count). The Morgan fingerprint density at radius 1 is 0.579 bits per heavy atom. The Morgan fingerprint density at radius 2 is 0.947 bits per heavy atom. The molecule has 2 aromatic heterocycles. The summed E-state index contributed by atoms with van der Waals surface area (Å²) in [5.74, 6) is 0. The molecule has 0 spiro atoms. The van der Waals surface area contributed by atoms with Crippen LogP contribution in [0.5, 0.6) is 0 Å². The highest BCUT2D eigenvalue weighted by atomic mass is 14.8. The Kier molecular flexibility index (Phi) is 6.83. The molecule has 2 aliphatic heterocycles. The quantitative estimate of drug-likeness (QED) is 0.340. The van der Waals surface area contributed by atoms with Crippen LogP contribution >= 0.6 is 0 Å². The van der Waals surface area contributed by atoms with E-state index in [-0.39, 0.29) is 0 Å². The van der Waals surface area contributed by atoms with Gasteiger partial charge in [0.15, 0.2) is 0 Å². The van der Waals surface area contributed by atoms with Gasteiger partial charge in [-0.15, -0.1) is 0 Å². The second-order valence-corrected chi connectivity index (χ2v) is 11.0. The van der Waals surface area contributed by atoms with Crippen LogP contribution < -0.4 is 0 Å². The number of hydrogen-bond donors (Lipinski definition) is 2. The molecule has 2 aliphatic rings. The van der Waals surface area contributed by atoms with Gasteiger partial charge >= 0.3 is 0 Å². The van der Waals surface area contributed by atoms with Crippen molar-refractivity contribution < 1.29 is 0 Å². The number of nitrogens with one attached hydrogen (secondary N) is 2. The molecule has 4 nitrogen and oxygen atoms in total. The third-order valence-corrected chi connectivity index (χ3v) is 7.43. The van der Waals surface area contributed by atoms with E-state index >= 15 is 0 Å². The van der Waals surface area contributed by atoms with E-state index in [1.165, 1.54) is 67.3 Å². The molecular weight excluding hydrogens is 464 g/mol. The third-order valence-electron chi connectivity index (χ3n) is 7.43. The topological polar surface area (TPSA) is 56.3 Å². The minimum atomic E-state index is 0.826. The molecule has 0 saturated carbocycles. The molecule has 194 valence electrons. The summed E-state index contributed by atoms with van der Waals surface area (Å²) in [4.78, 5) is 17.0. The summed E-state index contributed by atoms with van der Waals surface area (Å²) in [6, 6.07) is 13.5. The third kappa shape index (κ3) is 5.08. The van der Waals surface area contributed by atoms with Crippen molar-refractivity contribution in [1.29, 1.82) is 0 Å². The number of aromatic nitrogens is 2. The molecule has 0 bridgehead atoms. The van der Waals surface area contributed by atoms with Crippen LogP contribution in [0.2, 0.25) is 0 Å². The molecule has 0 unspecified atom stereocenters. The minimum absolute atomic E-state index is 0.826. The van der Waals surface area contributed by atoms with Gasteiger partial charge in [0.25, 0.3) is 0 Å². The van der Waals surface area contributed by atoms with E-state index in [9.17, 15) is 0 Å². The van der Waals surface area contributed by atoms with Crippen molar-refractivity contribution in [2.45, 2.75) is 68.2 Å². The number of allylic oxidation sites excluding steroid dienone is 6. The number of benzene rings is 1. The summed E-state index contributed by atoms with van der Waals surface area (Å²) in [6.07, 6.45) is 6.00. The highest BCUT2D eigenvalue weighted by Crippen LogP contribution is 2.35. The molecule has 38 heavy (non-hydrogen) atoms. The van der Waals surface area contributed by atoms with Crippen LogP contribution in [-0.4, -0.2) is 21.4 Å². The second-order valence-electron chi connectivity index (χ2n) is 11.0. The smallest absolute Gasteiger partial charge is 0.0718 e. The first-order valence-corrected chi connectivity index (χ1v) is 13.4. The molecule has 0 atom stereocenters. The average molecular weight is 503 g/mol. The predicted molar refractivity (Wildman–Crippen MR) is 162 cm³/mol. The van der Waals surface area contributed by atoms with Gasteiger partial charge in [-0.1, -0.05) is 24.3 Å². The molecule has 0 radical (unpaired) electrons. The van der Waals surface area contributed by atoms with Crippen LogP contribution in [0.25, 0.3) is 11.1 Å². The van der Waals surface area contributed by atoms with Crippen molar-refractivity contribution in [2.75, 3.05) is 0 Å². The van der Waals surface area contributed by atoms with Crippen molar-refractivity contribution in [3.8, 4) is 0 Å². The molecule has 4 heterocycles. The lowest BCUT2D eigenvalue weighted by Crippen LogP contribution is -2.00. The average Bonchev–Trinajstić information content (AvgIpc) is 3.57. The van der Waals surface area contributed by atoms with Gasteiger partial charge < -0.3 is 9.97 Å². The van der Waals surface area contributed by atoms with Gasteiger partial charge in [0.1, 0.15) is 0 Å². The first-order chi connectivity index (χ1) is 18.1. The van der Waals surface area contributed by atoms with Gasteiger partial charge in [0, 0.05) is 58.2 Å². The Hall–Kier alpha value is -3.92. The standard InChI is InChI=1S/C34H38N4/c1-19-13-23(5)35-31(19)29(32-20(2)14-24(6)36-32)17-27-9-11-28(12-10-27)18-30(33-21(3)15-25(7)37-33)34-22(4)16-26(8)38-34/h9-16,35,37H,17-18H2,1-8H3/b32-29-,34-30-. The van der Waals surface area contributed by atoms with Crippen LogP contribution in [-0.2, 0) is 12.8 Å². The number of aryl methyl sites for hydroxylation is 4. The van der Waals surface area contributed by atoms with Gasteiger partial charge in [-0.3, -0.25) is 9.98 Å². The number of aliphatic imine (C=N–C) groups is 2.